The fraction of sp³-hybridized carbons (Fsp3) is 0.0545. The van der Waals surface area contributed by atoms with Gasteiger partial charge in [0.05, 0.1) is 38.7 Å². The third kappa shape index (κ3) is 3.95. The van der Waals surface area contributed by atoms with Gasteiger partial charge >= 0.3 is 0 Å². The van der Waals surface area contributed by atoms with Gasteiger partial charge in [0.1, 0.15) is 0 Å². The summed E-state index contributed by atoms with van der Waals surface area (Å²) in [6.07, 6.45) is 6.75. The van der Waals surface area contributed by atoms with Crippen molar-refractivity contribution < 1.29 is 0 Å². The van der Waals surface area contributed by atoms with Crippen molar-refractivity contribution in [3.8, 4) is 17.1 Å². The predicted molar refractivity (Wildman–Crippen MR) is 245 cm³/mol. The lowest BCUT2D eigenvalue weighted by molar-refractivity contribution is 0.691. The van der Waals surface area contributed by atoms with Crippen molar-refractivity contribution in [1.82, 2.24) is 13.7 Å². The van der Waals surface area contributed by atoms with Gasteiger partial charge in [0.15, 0.2) is 0 Å². The van der Waals surface area contributed by atoms with Crippen molar-refractivity contribution in [2.75, 3.05) is 0 Å². The lowest BCUT2D eigenvalue weighted by Crippen LogP contribution is -2.37. The number of hydrogen-bond donors (Lipinski definition) is 0. The Labute approximate surface area is 345 Å². The normalized spacial score (nSPS) is 16.3. The average molecular weight is 770 g/mol. The molecule has 1 aliphatic carbocycles. The highest BCUT2D eigenvalue weighted by atomic mass is 32.2. The van der Waals surface area contributed by atoms with E-state index in [1.807, 2.05) is 11.8 Å². The molecular weight excluding hydrogens is 735 g/mol. The molecule has 14 rings (SSSR count). The van der Waals surface area contributed by atoms with Crippen LogP contribution in [-0.4, -0.2) is 13.7 Å². The zero-order valence-corrected chi connectivity index (χ0v) is 32.9. The molecule has 276 valence electrons. The molecule has 8 aromatic carbocycles. The van der Waals surface area contributed by atoms with Gasteiger partial charge in [0, 0.05) is 59.4 Å². The maximum Gasteiger partial charge on any atom is 0.0765 e. The number of aromatic nitrogens is 3. The highest BCUT2D eigenvalue weighted by Gasteiger charge is 2.50. The number of nitrogens with zero attached hydrogens (tertiary/aromatic N) is 3. The summed E-state index contributed by atoms with van der Waals surface area (Å²) in [6.45, 7) is 0. The molecule has 0 amide bonds. The lowest BCUT2D eigenvalue weighted by Gasteiger charge is -2.45. The van der Waals surface area contributed by atoms with E-state index in [4.69, 9.17) is 0 Å². The van der Waals surface area contributed by atoms with E-state index in [0.29, 0.717) is 0 Å². The minimum atomic E-state index is -0.542. The van der Waals surface area contributed by atoms with E-state index in [0.717, 1.165) is 12.8 Å². The molecule has 0 fully saturated rings. The van der Waals surface area contributed by atoms with Gasteiger partial charge in [0.25, 0.3) is 0 Å². The van der Waals surface area contributed by atoms with Crippen LogP contribution in [0.15, 0.2) is 192 Å². The van der Waals surface area contributed by atoms with Crippen LogP contribution in [0.4, 0.5) is 0 Å². The van der Waals surface area contributed by atoms with Crippen molar-refractivity contribution in [3.05, 3.63) is 216 Å². The molecule has 3 aromatic heterocycles. The number of fused-ring (bicyclic) bond motifs is 18. The number of hydrogen-bond acceptors (Lipinski definition) is 1. The monoisotopic (exact) mass is 769 g/mol. The molecule has 0 bridgehead atoms. The van der Waals surface area contributed by atoms with E-state index in [9.17, 15) is 0 Å². The molecule has 0 saturated carbocycles. The number of rotatable bonds is 2. The highest BCUT2D eigenvalue weighted by Crippen LogP contribution is 2.62. The summed E-state index contributed by atoms with van der Waals surface area (Å²) < 4.78 is 7.56. The predicted octanol–water partition coefficient (Wildman–Crippen LogP) is 13.9. The summed E-state index contributed by atoms with van der Waals surface area (Å²) in [5.74, 6) is 0. The molecule has 5 heterocycles. The molecule has 2 aliphatic heterocycles. The van der Waals surface area contributed by atoms with E-state index in [2.05, 4.69) is 202 Å². The van der Waals surface area contributed by atoms with Crippen molar-refractivity contribution >= 4 is 72.4 Å². The van der Waals surface area contributed by atoms with Gasteiger partial charge in [-0.05, 0) is 89.7 Å². The van der Waals surface area contributed by atoms with E-state index in [1.165, 1.54) is 115 Å². The van der Waals surface area contributed by atoms with Crippen molar-refractivity contribution in [2.24, 2.45) is 0 Å². The van der Waals surface area contributed by atoms with Crippen LogP contribution in [-0.2, 0) is 11.8 Å². The molecular formula is C55H35N3S. The SMILES string of the molecule is C1=Cc2c(n(-c3ccc(-n4c5ccccc5c5ccc6c(c54)Sc4ccccc4C64c5ccccc5-n5c6ccccc6c6cccc4c65)cc3)c3ccccc23)CC1. The Morgan fingerprint density at radius 3 is 1.81 bits per heavy atom. The Kier molecular flexibility index (Phi) is 6.27. The molecule has 0 radical (unpaired) electrons. The summed E-state index contributed by atoms with van der Waals surface area (Å²) in [4.78, 5) is 2.62. The van der Waals surface area contributed by atoms with Gasteiger partial charge in [0.2, 0.25) is 0 Å². The molecule has 3 nitrogen and oxygen atoms in total. The Morgan fingerprint density at radius 2 is 1.02 bits per heavy atom. The van der Waals surface area contributed by atoms with Gasteiger partial charge in [-0.1, -0.05) is 145 Å². The van der Waals surface area contributed by atoms with Crippen molar-refractivity contribution in [1.29, 1.82) is 0 Å². The van der Waals surface area contributed by atoms with Crippen LogP contribution in [0, 0.1) is 0 Å². The van der Waals surface area contributed by atoms with E-state index >= 15 is 0 Å². The first-order valence-corrected chi connectivity index (χ1v) is 21.5. The van der Waals surface area contributed by atoms with Crippen LogP contribution >= 0.6 is 11.8 Å². The lowest BCUT2D eigenvalue weighted by atomic mass is 9.62. The van der Waals surface area contributed by atoms with Crippen LogP contribution in [0.2, 0.25) is 0 Å². The minimum Gasteiger partial charge on any atom is -0.313 e. The molecule has 1 atom stereocenters. The summed E-state index contributed by atoms with van der Waals surface area (Å²) >= 11 is 1.93. The summed E-state index contributed by atoms with van der Waals surface area (Å²) in [5, 5.41) is 6.46. The number of benzene rings is 8. The van der Waals surface area contributed by atoms with Crippen molar-refractivity contribution in [2.45, 2.75) is 28.0 Å². The zero-order chi connectivity index (χ0) is 38.4. The molecule has 4 heteroatoms. The molecule has 0 N–H and O–H groups in total. The summed E-state index contributed by atoms with van der Waals surface area (Å²) in [6, 6.07) is 66.3. The first-order chi connectivity index (χ1) is 29.3. The third-order valence-electron chi connectivity index (χ3n) is 13.6. The Balaban J connectivity index is 1.08. The largest absolute Gasteiger partial charge is 0.313 e. The zero-order valence-electron chi connectivity index (χ0n) is 32.1. The molecule has 1 spiro atoms. The molecule has 3 aliphatic rings. The van der Waals surface area contributed by atoms with E-state index in [1.54, 1.807) is 0 Å². The minimum absolute atomic E-state index is 0.542. The van der Waals surface area contributed by atoms with Crippen molar-refractivity contribution in [3.63, 3.8) is 0 Å². The Morgan fingerprint density at radius 1 is 0.424 bits per heavy atom. The smallest absolute Gasteiger partial charge is 0.0765 e. The fourth-order valence-electron chi connectivity index (χ4n) is 11.3. The van der Waals surface area contributed by atoms with Crippen LogP contribution < -0.4 is 0 Å². The molecule has 1 unspecified atom stereocenters. The van der Waals surface area contributed by atoms with Crippen LogP contribution in [0.25, 0.3) is 77.7 Å². The third-order valence-corrected chi connectivity index (χ3v) is 14.8. The fourth-order valence-corrected chi connectivity index (χ4v) is 12.6. The van der Waals surface area contributed by atoms with Gasteiger partial charge in [-0.25, -0.2) is 0 Å². The van der Waals surface area contributed by atoms with E-state index in [-0.39, 0.29) is 0 Å². The van der Waals surface area contributed by atoms with Crippen LogP contribution in [0.1, 0.15) is 39.9 Å². The quantitative estimate of drug-likeness (QED) is 0.171. The molecule has 11 aromatic rings. The second-order valence-electron chi connectivity index (χ2n) is 16.3. The Bertz CT molecular complexity index is 3650. The second-order valence-corrected chi connectivity index (χ2v) is 17.3. The van der Waals surface area contributed by atoms with Gasteiger partial charge in [-0.3, -0.25) is 0 Å². The second kappa shape index (κ2) is 11.6. The van der Waals surface area contributed by atoms with Crippen LogP contribution in [0.5, 0.6) is 0 Å². The Hall–Kier alpha value is -7.01. The molecule has 0 saturated heterocycles. The first kappa shape index (κ1) is 32.0. The molecule has 59 heavy (non-hydrogen) atoms. The number of para-hydroxylation sites is 5. The maximum atomic E-state index is 2.54. The summed E-state index contributed by atoms with van der Waals surface area (Å²) in [7, 11) is 0. The highest BCUT2D eigenvalue weighted by molar-refractivity contribution is 7.99. The van der Waals surface area contributed by atoms with Gasteiger partial charge in [-0.2, -0.15) is 0 Å². The number of allylic oxidation sites excluding steroid dienone is 1. The topological polar surface area (TPSA) is 14.8 Å². The maximum absolute atomic E-state index is 2.54. The van der Waals surface area contributed by atoms with Gasteiger partial charge < -0.3 is 13.7 Å². The first-order valence-electron chi connectivity index (χ1n) is 20.7. The summed E-state index contributed by atoms with van der Waals surface area (Å²) in [5.41, 5.74) is 17.5. The average Bonchev–Trinajstić information content (AvgIpc) is 3.95. The van der Waals surface area contributed by atoms with Gasteiger partial charge in [-0.15, -0.1) is 0 Å². The standard InChI is InChI=1S/C55H35N3S/c1-7-22-46-36(14-1)37-15-2-8-23-47(37)56(46)34-28-30-35(31-29-34)57-48-24-9-3-17-39(48)41-32-33-45-54(53(41)57)59-51-27-12-6-20-43(51)55(45)42-19-5-11-26-50(42)58-49-25-10-4-16-38(49)40-18-13-21-44(55)52(40)58/h1-7,9-22,24-33H,8,23H2. The van der Waals surface area contributed by atoms with E-state index < -0.39 is 5.41 Å². The van der Waals surface area contributed by atoms with Crippen LogP contribution in [0.3, 0.4) is 0 Å².